The molecule has 1 rings (SSSR count). The standard InChI is InChI=1S/C16H22Cl2N2O2/c1-3-4-5-9-19-16(22)8-10-20(12(2)21)15-7-6-13(17)11-14(15)18/h6-7,11H,3-5,8-10H2,1-2H3,(H,19,22). The molecule has 22 heavy (non-hydrogen) atoms. The Kier molecular flexibility index (Phi) is 8.28. The summed E-state index contributed by atoms with van der Waals surface area (Å²) in [6.45, 7) is 4.53. The molecule has 0 aliphatic heterocycles. The summed E-state index contributed by atoms with van der Waals surface area (Å²) < 4.78 is 0. The minimum Gasteiger partial charge on any atom is -0.356 e. The molecule has 122 valence electrons. The number of carbonyl (C=O) groups excluding carboxylic acids is 2. The average Bonchev–Trinajstić information content (AvgIpc) is 2.45. The predicted octanol–water partition coefficient (Wildman–Crippen LogP) is 4.04. The number of nitrogens with zero attached hydrogens (tertiary/aromatic N) is 1. The van der Waals surface area contributed by atoms with E-state index in [0.717, 1.165) is 19.3 Å². The molecule has 6 heteroatoms. The summed E-state index contributed by atoms with van der Waals surface area (Å²) in [4.78, 5) is 25.1. The first-order valence-corrected chi connectivity index (χ1v) is 8.21. The van der Waals surface area contributed by atoms with E-state index in [4.69, 9.17) is 23.2 Å². The summed E-state index contributed by atoms with van der Waals surface area (Å²) in [7, 11) is 0. The minimum absolute atomic E-state index is 0.0626. The van der Waals surface area contributed by atoms with E-state index in [-0.39, 0.29) is 24.8 Å². The number of hydrogen-bond acceptors (Lipinski definition) is 2. The Hall–Kier alpha value is -1.26. The lowest BCUT2D eigenvalue weighted by Gasteiger charge is -2.22. The van der Waals surface area contributed by atoms with Gasteiger partial charge in [-0.1, -0.05) is 43.0 Å². The van der Waals surface area contributed by atoms with E-state index in [1.807, 2.05) is 0 Å². The molecule has 4 nitrogen and oxygen atoms in total. The van der Waals surface area contributed by atoms with Gasteiger partial charge in [0.1, 0.15) is 0 Å². The molecule has 0 heterocycles. The molecule has 1 aromatic rings. The molecule has 0 fully saturated rings. The van der Waals surface area contributed by atoms with Crippen LogP contribution in [0.15, 0.2) is 18.2 Å². The third-order valence-corrected chi connectivity index (χ3v) is 3.78. The second-order valence-electron chi connectivity index (χ2n) is 5.07. The summed E-state index contributed by atoms with van der Waals surface area (Å²) >= 11 is 12.0. The summed E-state index contributed by atoms with van der Waals surface area (Å²) in [6.07, 6.45) is 3.43. The van der Waals surface area contributed by atoms with Gasteiger partial charge in [0.25, 0.3) is 0 Å². The highest BCUT2D eigenvalue weighted by Gasteiger charge is 2.16. The maximum atomic E-state index is 11.8. The molecular weight excluding hydrogens is 323 g/mol. The summed E-state index contributed by atoms with van der Waals surface area (Å²) in [6, 6.07) is 4.94. The van der Waals surface area contributed by atoms with Crippen LogP contribution in [0.5, 0.6) is 0 Å². The fourth-order valence-electron chi connectivity index (χ4n) is 2.05. The van der Waals surface area contributed by atoms with Crippen molar-refractivity contribution in [3.8, 4) is 0 Å². The molecule has 0 unspecified atom stereocenters. The zero-order chi connectivity index (χ0) is 16.5. The zero-order valence-electron chi connectivity index (χ0n) is 13.0. The van der Waals surface area contributed by atoms with Crippen molar-refractivity contribution >= 4 is 40.7 Å². The molecule has 0 aromatic heterocycles. The van der Waals surface area contributed by atoms with Crippen molar-refractivity contribution in [2.24, 2.45) is 0 Å². The van der Waals surface area contributed by atoms with Crippen molar-refractivity contribution in [1.82, 2.24) is 5.32 Å². The number of amides is 2. The molecule has 0 spiro atoms. The first-order chi connectivity index (χ1) is 10.5. The number of carbonyl (C=O) groups is 2. The van der Waals surface area contributed by atoms with Gasteiger partial charge in [-0.2, -0.15) is 0 Å². The maximum absolute atomic E-state index is 11.8. The smallest absolute Gasteiger partial charge is 0.223 e. The van der Waals surface area contributed by atoms with Crippen molar-refractivity contribution in [3.63, 3.8) is 0 Å². The summed E-state index contributed by atoms with van der Waals surface area (Å²) in [5, 5.41) is 3.76. The van der Waals surface area contributed by atoms with E-state index >= 15 is 0 Å². The van der Waals surface area contributed by atoms with Gasteiger partial charge in [0.05, 0.1) is 10.7 Å². The molecule has 0 saturated carbocycles. The topological polar surface area (TPSA) is 49.4 Å². The molecule has 1 N–H and O–H groups in total. The van der Waals surface area contributed by atoms with Gasteiger partial charge in [-0.05, 0) is 24.6 Å². The SMILES string of the molecule is CCCCCNC(=O)CCN(C(C)=O)c1ccc(Cl)cc1Cl. The highest BCUT2D eigenvalue weighted by Crippen LogP contribution is 2.29. The van der Waals surface area contributed by atoms with Gasteiger partial charge in [0, 0.05) is 31.5 Å². The number of unbranched alkanes of at least 4 members (excludes halogenated alkanes) is 2. The van der Waals surface area contributed by atoms with Crippen LogP contribution in [0.25, 0.3) is 0 Å². The van der Waals surface area contributed by atoms with Crippen LogP contribution in [0, 0.1) is 0 Å². The lowest BCUT2D eigenvalue weighted by Crippen LogP contribution is -2.34. The normalized spacial score (nSPS) is 10.4. The number of rotatable bonds is 8. The van der Waals surface area contributed by atoms with Gasteiger partial charge in [-0.15, -0.1) is 0 Å². The highest BCUT2D eigenvalue weighted by atomic mass is 35.5. The van der Waals surface area contributed by atoms with Crippen LogP contribution in [0.3, 0.4) is 0 Å². The summed E-state index contributed by atoms with van der Waals surface area (Å²) in [5.41, 5.74) is 0.567. The zero-order valence-corrected chi connectivity index (χ0v) is 14.5. The van der Waals surface area contributed by atoms with Crippen molar-refractivity contribution < 1.29 is 9.59 Å². The number of hydrogen-bond donors (Lipinski definition) is 1. The molecule has 2 amide bonds. The van der Waals surface area contributed by atoms with Crippen molar-refractivity contribution in [1.29, 1.82) is 0 Å². The van der Waals surface area contributed by atoms with Crippen LogP contribution in [0.1, 0.15) is 39.5 Å². The first kappa shape index (κ1) is 18.8. The Labute approximate surface area is 141 Å². The number of anilines is 1. The Morgan fingerprint density at radius 1 is 1.23 bits per heavy atom. The maximum Gasteiger partial charge on any atom is 0.223 e. The summed E-state index contributed by atoms with van der Waals surface area (Å²) in [5.74, 6) is -0.226. The second kappa shape index (κ2) is 9.70. The average molecular weight is 345 g/mol. The lowest BCUT2D eigenvalue weighted by molar-refractivity contribution is -0.121. The molecule has 0 aliphatic rings. The number of halogens is 2. The van der Waals surface area contributed by atoms with E-state index in [1.54, 1.807) is 18.2 Å². The van der Waals surface area contributed by atoms with Crippen LogP contribution in [-0.2, 0) is 9.59 Å². The highest BCUT2D eigenvalue weighted by molar-refractivity contribution is 6.36. The van der Waals surface area contributed by atoms with E-state index < -0.39 is 0 Å². The quantitative estimate of drug-likeness (QED) is 0.723. The molecule has 0 atom stereocenters. The van der Waals surface area contributed by atoms with Crippen LogP contribution in [0.2, 0.25) is 10.0 Å². The van der Waals surface area contributed by atoms with E-state index in [9.17, 15) is 9.59 Å². The van der Waals surface area contributed by atoms with E-state index in [1.165, 1.54) is 11.8 Å². The number of nitrogens with one attached hydrogen (secondary N) is 1. The van der Waals surface area contributed by atoms with Crippen LogP contribution in [0.4, 0.5) is 5.69 Å². The van der Waals surface area contributed by atoms with Crippen LogP contribution >= 0.6 is 23.2 Å². The van der Waals surface area contributed by atoms with Crippen molar-refractivity contribution in [2.75, 3.05) is 18.0 Å². The Morgan fingerprint density at radius 2 is 1.95 bits per heavy atom. The van der Waals surface area contributed by atoms with Crippen molar-refractivity contribution in [2.45, 2.75) is 39.5 Å². The van der Waals surface area contributed by atoms with E-state index in [2.05, 4.69) is 12.2 Å². The Balaban J connectivity index is 2.58. The monoisotopic (exact) mass is 344 g/mol. The molecule has 0 radical (unpaired) electrons. The van der Waals surface area contributed by atoms with Gasteiger partial charge < -0.3 is 10.2 Å². The Morgan fingerprint density at radius 3 is 2.55 bits per heavy atom. The second-order valence-corrected chi connectivity index (χ2v) is 5.92. The Bertz CT molecular complexity index is 521. The van der Waals surface area contributed by atoms with Gasteiger partial charge >= 0.3 is 0 Å². The van der Waals surface area contributed by atoms with Crippen molar-refractivity contribution in [3.05, 3.63) is 28.2 Å². The van der Waals surface area contributed by atoms with Crippen LogP contribution in [-0.4, -0.2) is 24.9 Å². The molecular formula is C16H22Cl2N2O2. The minimum atomic E-state index is -0.164. The lowest BCUT2D eigenvalue weighted by atomic mass is 10.2. The third kappa shape index (κ3) is 6.24. The molecule has 0 saturated heterocycles. The fraction of sp³-hybridized carbons (Fsp3) is 0.500. The molecule has 0 bridgehead atoms. The van der Waals surface area contributed by atoms with Gasteiger partial charge in [-0.3, -0.25) is 9.59 Å². The third-order valence-electron chi connectivity index (χ3n) is 3.25. The predicted molar refractivity (Wildman–Crippen MR) is 91.6 cm³/mol. The van der Waals surface area contributed by atoms with Crippen LogP contribution < -0.4 is 10.2 Å². The molecule has 0 aliphatic carbocycles. The van der Waals surface area contributed by atoms with Gasteiger partial charge in [0.15, 0.2) is 0 Å². The fourth-order valence-corrected chi connectivity index (χ4v) is 2.56. The number of benzene rings is 1. The van der Waals surface area contributed by atoms with E-state index in [0.29, 0.717) is 22.3 Å². The largest absolute Gasteiger partial charge is 0.356 e. The van der Waals surface area contributed by atoms with Gasteiger partial charge in [-0.25, -0.2) is 0 Å². The first-order valence-electron chi connectivity index (χ1n) is 7.45. The molecule has 1 aromatic carbocycles. The van der Waals surface area contributed by atoms with Gasteiger partial charge in [0.2, 0.25) is 11.8 Å².